The fourth-order valence-corrected chi connectivity index (χ4v) is 1.90. The van der Waals surface area contributed by atoms with Gasteiger partial charge in [-0.25, -0.2) is 4.79 Å². The van der Waals surface area contributed by atoms with Crippen molar-refractivity contribution in [3.63, 3.8) is 0 Å². The number of hydrogen-bond donors (Lipinski definition) is 1. The normalized spacial score (nSPS) is 21.4. The van der Waals surface area contributed by atoms with Gasteiger partial charge in [0, 0.05) is 32.0 Å². The summed E-state index contributed by atoms with van der Waals surface area (Å²) in [6.45, 7) is 4.43. The average Bonchev–Trinajstić information content (AvgIpc) is 2.32. The van der Waals surface area contributed by atoms with Crippen LogP contribution in [-0.2, 0) is 16.1 Å². The summed E-state index contributed by atoms with van der Waals surface area (Å²) in [7, 11) is 0. The van der Waals surface area contributed by atoms with Crippen LogP contribution in [0.1, 0.15) is 11.1 Å². The molecule has 0 aromatic carbocycles. The number of carboxylic acid groups (broad SMARTS) is 1. The van der Waals surface area contributed by atoms with E-state index < -0.39 is 12.1 Å². The molecule has 0 aliphatic carbocycles. The second-order valence-corrected chi connectivity index (χ2v) is 4.23. The number of carboxylic acids is 1. The molecule has 0 spiro atoms. The van der Waals surface area contributed by atoms with E-state index in [9.17, 15) is 4.79 Å². The third-order valence-corrected chi connectivity index (χ3v) is 2.97. The van der Waals surface area contributed by atoms with Crippen LogP contribution in [0.3, 0.4) is 0 Å². The summed E-state index contributed by atoms with van der Waals surface area (Å²) >= 11 is 0. The molecule has 1 aliphatic heterocycles. The molecule has 0 saturated carbocycles. The minimum atomic E-state index is -0.891. The first-order valence-electron chi connectivity index (χ1n) is 5.63. The first-order valence-corrected chi connectivity index (χ1v) is 5.63. The molecule has 92 valence electrons. The molecule has 0 amide bonds. The maximum atomic E-state index is 10.9. The van der Waals surface area contributed by atoms with Crippen LogP contribution in [-0.4, -0.2) is 46.8 Å². The van der Waals surface area contributed by atoms with Crippen molar-refractivity contribution < 1.29 is 14.6 Å². The summed E-state index contributed by atoms with van der Waals surface area (Å²) in [4.78, 5) is 17.0. The largest absolute Gasteiger partial charge is 0.479 e. The summed E-state index contributed by atoms with van der Waals surface area (Å²) < 4.78 is 5.18. The Morgan fingerprint density at radius 1 is 1.71 bits per heavy atom. The van der Waals surface area contributed by atoms with E-state index in [4.69, 9.17) is 9.84 Å². The molecule has 0 bridgehead atoms. The summed E-state index contributed by atoms with van der Waals surface area (Å²) in [6, 6.07) is 1.96. The van der Waals surface area contributed by atoms with Crippen LogP contribution in [0, 0.1) is 6.92 Å². The minimum Gasteiger partial charge on any atom is -0.479 e. The van der Waals surface area contributed by atoms with Crippen LogP contribution in [0.5, 0.6) is 0 Å². The molecule has 2 rings (SSSR count). The van der Waals surface area contributed by atoms with Gasteiger partial charge in [0.1, 0.15) is 0 Å². The molecule has 1 unspecified atom stereocenters. The molecule has 1 aliphatic rings. The van der Waals surface area contributed by atoms with Crippen molar-refractivity contribution in [1.82, 2.24) is 9.88 Å². The van der Waals surface area contributed by atoms with Crippen molar-refractivity contribution in [2.45, 2.75) is 19.6 Å². The maximum absolute atomic E-state index is 10.9. The van der Waals surface area contributed by atoms with Gasteiger partial charge >= 0.3 is 5.97 Å². The number of pyridine rings is 1. The number of rotatable bonds is 3. The summed E-state index contributed by atoms with van der Waals surface area (Å²) in [5.74, 6) is -0.891. The van der Waals surface area contributed by atoms with Crippen molar-refractivity contribution in [1.29, 1.82) is 0 Å². The predicted octanol–water partition coefficient (Wildman–Crippen LogP) is 0.675. The summed E-state index contributed by atoms with van der Waals surface area (Å²) in [6.07, 6.45) is 2.89. The monoisotopic (exact) mass is 236 g/mol. The Hall–Kier alpha value is -1.46. The van der Waals surface area contributed by atoms with Gasteiger partial charge in [-0.1, -0.05) is 0 Å². The molecule has 1 aromatic heterocycles. The maximum Gasteiger partial charge on any atom is 0.334 e. The zero-order valence-electron chi connectivity index (χ0n) is 9.80. The van der Waals surface area contributed by atoms with Crippen LogP contribution in [0.4, 0.5) is 0 Å². The number of carbonyl (C=O) groups is 1. The topological polar surface area (TPSA) is 62.7 Å². The highest BCUT2D eigenvalue weighted by Gasteiger charge is 2.26. The summed E-state index contributed by atoms with van der Waals surface area (Å²) in [5.41, 5.74) is 2.32. The molecule has 1 fully saturated rings. The SMILES string of the molecule is Cc1ccncc1CN1CCOC(C(=O)O)C1. The predicted molar refractivity (Wildman–Crippen MR) is 61.6 cm³/mol. The first-order chi connectivity index (χ1) is 8.16. The van der Waals surface area contributed by atoms with Gasteiger partial charge in [-0.15, -0.1) is 0 Å². The lowest BCUT2D eigenvalue weighted by Crippen LogP contribution is -2.45. The van der Waals surface area contributed by atoms with E-state index in [1.54, 1.807) is 6.20 Å². The lowest BCUT2D eigenvalue weighted by Gasteiger charge is -2.30. The molecule has 2 heterocycles. The highest BCUT2D eigenvalue weighted by molar-refractivity contribution is 5.72. The highest BCUT2D eigenvalue weighted by Crippen LogP contribution is 2.12. The molecule has 1 saturated heterocycles. The summed E-state index contributed by atoms with van der Waals surface area (Å²) in [5, 5.41) is 8.91. The molecule has 5 nitrogen and oxygen atoms in total. The van der Waals surface area contributed by atoms with Crippen LogP contribution in [0.25, 0.3) is 0 Å². The van der Waals surface area contributed by atoms with E-state index in [1.807, 2.05) is 19.2 Å². The van der Waals surface area contributed by atoms with Gasteiger partial charge in [0.2, 0.25) is 0 Å². The zero-order chi connectivity index (χ0) is 12.3. The second kappa shape index (κ2) is 5.25. The highest BCUT2D eigenvalue weighted by atomic mass is 16.5. The van der Waals surface area contributed by atoms with Crippen LogP contribution in [0.2, 0.25) is 0 Å². The number of aliphatic carboxylic acids is 1. The third-order valence-electron chi connectivity index (χ3n) is 2.97. The fraction of sp³-hybridized carbons (Fsp3) is 0.500. The van der Waals surface area contributed by atoms with E-state index in [1.165, 1.54) is 5.56 Å². The van der Waals surface area contributed by atoms with Crippen molar-refractivity contribution in [2.24, 2.45) is 0 Å². The van der Waals surface area contributed by atoms with Crippen LogP contribution in [0.15, 0.2) is 18.5 Å². The molecule has 1 N–H and O–H groups in total. The Bertz CT molecular complexity index is 408. The smallest absolute Gasteiger partial charge is 0.334 e. The van der Waals surface area contributed by atoms with Crippen molar-refractivity contribution in [3.05, 3.63) is 29.6 Å². The number of nitrogens with zero attached hydrogens (tertiary/aromatic N) is 2. The number of aromatic nitrogens is 1. The lowest BCUT2D eigenvalue weighted by molar-refractivity contribution is -0.156. The Balaban J connectivity index is 1.99. The lowest BCUT2D eigenvalue weighted by atomic mass is 10.1. The minimum absolute atomic E-state index is 0.434. The molecule has 5 heteroatoms. The van der Waals surface area contributed by atoms with E-state index in [-0.39, 0.29) is 0 Å². The van der Waals surface area contributed by atoms with E-state index in [2.05, 4.69) is 9.88 Å². The van der Waals surface area contributed by atoms with Crippen LogP contribution < -0.4 is 0 Å². The second-order valence-electron chi connectivity index (χ2n) is 4.23. The van der Waals surface area contributed by atoms with Crippen molar-refractivity contribution in [3.8, 4) is 0 Å². The van der Waals surface area contributed by atoms with Crippen LogP contribution >= 0.6 is 0 Å². The average molecular weight is 236 g/mol. The number of morpholine rings is 1. The van der Waals surface area contributed by atoms with Crippen molar-refractivity contribution in [2.75, 3.05) is 19.7 Å². The van der Waals surface area contributed by atoms with Gasteiger partial charge < -0.3 is 9.84 Å². The molecule has 17 heavy (non-hydrogen) atoms. The van der Waals surface area contributed by atoms with Gasteiger partial charge in [0.05, 0.1) is 6.61 Å². The van der Waals surface area contributed by atoms with E-state index >= 15 is 0 Å². The third kappa shape index (κ3) is 3.01. The van der Waals surface area contributed by atoms with E-state index in [0.717, 1.165) is 18.7 Å². The van der Waals surface area contributed by atoms with Gasteiger partial charge in [-0.05, 0) is 24.1 Å². The first kappa shape index (κ1) is 12.0. The van der Waals surface area contributed by atoms with Gasteiger partial charge in [0.25, 0.3) is 0 Å². The molecule has 1 aromatic rings. The Labute approximate surface area is 100 Å². The number of aryl methyl sites for hydroxylation is 1. The molecular weight excluding hydrogens is 220 g/mol. The number of hydrogen-bond acceptors (Lipinski definition) is 4. The number of ether oxygens (including phenoxy) is 1. The fourth-order valence-electron chi connectivity index (χ4n) is 1.90. The Kier molecular flexibility index (Phi) is 3.71. The molecule has 0 radical (unpaired) electrons. The standard InChI is InChI=1S/C12H16N2O3/c1-9-2-3-13-6-10(9)7-14-4-5-17-11(8-14)12(15)16/h2-3,6,11H,4-5,7-8H2,1H3,(H,15,16). The van der Waals surface area contributed by atoms with E-state index in [0.29, 0.717) is 13.2 Å². The Morgan fingerprint density at radius 2 is 2.53 bits per heavy atom. The van der Waals surface area contributed by atoms with Gasteiger partial charge in [-0.2, -0.15) is 0 Å². The van der Waals surface area contributed by atoms with Crippen molar-refractivity contribution >= 4 is 5.97 Å². The molecular formula is C12H16N2O3. The zero-order valence-corrected chi connectivity index (χ0v) is 9.80. The van der Waals surface area contributed by atoms with Gasteiger partial charge in [0.15, 0.2) is 6.10 Å². The van der Waals surface area contributed by atoms with Gasteiger partial charge in [-0.3, -0.25) is 9.88 Å². The Morgan fingerprint density at radius 3 is 3.24 bits per heavy atom. The molecule has 1 atom stereocenters. The quantitative estimate of drug-likeness (QED) is 0.836.